The Morgan fingerprint density at radius 3 is 2.57 bits per heavy atom. The Bertz CT molecular complexity index is 671. The highest BCUT2D eigenvalue weighted by Gasteiger charge is 2.21. The van der Waals surface area contributed by atoms with E-state index in [0.717, 1.165) is 43.9 Å². The minimum absolute atomic E-state index is 0.246. The van der Waals surface area contributed by atoms with Crippen molar-refractivity contribution in [3.8, 4) is 5.75 Å². The quantitative estimate of drug-likeness (QED) is 0.643. The van der Waals surface area contributed by atoms with Crippen molar-refractivity contribution in [3.05, 3.63) is 65.7 Å². The molecule has 0 spiro atoms. The van der Waals surface area contributed by atoms with E-state index in [2.05, 4.69) is 17.0 Å². The number of rotatable bonds is 11. The van der Waals surface area contributed by atoms with Gasteiger partial charge in [0.15, 0.2) is 0 Å². The number of hydrogen-bond donors (Lipinski definition) is 1. The number of aliphatic hydroxyl groups is 1. The maximum Gasteiger partial charge on any atom is 0.118 e. The molecule has 2 aromatic rings. The molecule has 5 heteroatoms. The molecular weight excluding hydrogens is 354 g/mol. The minimum atomic E-state index is -0.539. The van der Waals surface area contributed by atoms with Gasteiger partial charge in [-0.3, -0.25) is 4.90 Å². The van der Waals surface area contributed by atoms with Gasteiger partial charge in [0.2, 0.25) is 0 Å². The molecule has 2 atom stereocenters. The Hall–Kier alpha value is -1.92. The van der Waals surface area contributed by atoms with Crippen molar-refractivity contribution < 1.29 is 19.3 Å². The summed E-state index contributed by atoms with van der Waals surface area (Å²) in [6, 6.07) is 18.1. The van der Waals surface area contributed by atoms with Crippen molar-refractivity contribution in [1.82, 2.24) is 4.90 Å². The summed E-state index contributed by atoms with van der Waals surface area (Å²) in [4.78, 5) is 2.26. The normalized spacial score (nSPS) is 17.8. The highest BCUT2D eigenvalue weighted by atomic mass is 16.5. The first-order valence-electron chi connectivity index (χ1n) is 9.99. The molecule has 0 bridgehead atoms. The molecule has 0 aromatic heterocycles. The molecule has 5 nitrogen and oxygen atoms in total. The molecule has 0 aliphatic carbocycles. The van der Waals surface area contributed by atoms with Crippen molar-refractivity contribution in [2.45, 2.75) is 38.2 Å². The summed E-state index contributed by atoms with van der Waals surface area (Å²) < 4.78 is 16.7. The second-order valence-corrected chi connectivity index (χ2v) is 7.33. The second-order valence-electron chi connectivity index (χ2n) is 7.33. The summed E-state index contributed by atoms with van der Waals surface area (Å²) in [7, 11) is 1.67. The average Bonchev–Trinajstić information content (AvgIpc) is 3.22. The molecule has 1 saturated heterocycles. The summed E-state index contributed by atoms with van der Waals surface area (Å²) in [6.07, 6.45) is 1.91. The molecule has 1 fully saturated rings. The zero-order valence-corrected chi connectivity index (χ0v) is 16.6. The number of nitrogens with zero attached hydrogens (tertiary/aromatic N) is 1. The number of methoxy groups -OCH3 is 1. The maximum absolute atomic E-state index is 10.5. The summed E-state index contributed by atoms with van der Waals surface area (Å²) in [5.41, 5.74) is 2.31. The van der Waals surface area contributed by atoms with Gasteiger partial charge in [-0.25, -0.2) is 0 Å². The van der Waals surface area contributed by atoms with E-state index in [1.807, 2.05) is 42.5 Å². The molecular formula is C23H31NO4. The van der Waals surface area contributed by atoms with Crippen LogP contribution in [-0.2, 0) is 22.6 Å². The average molecular weight is 386 g/mol. The smallest absolute Gasteiger partial charge is 0.118 e. The summed E-state index contributed by atoms with van der Waals surface area (Å²) in [5.74, 6) is 0.851. The van der Waals surface area contributed by atoms with Crippen LogP contribution in [0.3, 0.4) is 0 Å². The lowest BCUT2D eigenvalue weighted by Crippen LogP contribution is -2.39. The van der Waals surface area contributed by atoms with Gasteiger partial charge < -0.3 is 19.3 Å². The van der Waals surface area contributed by atoms with Crippen LogP contribution in [0, 0.1) is 0 Å². The Kier molecular flexibility index (Phi) is 8.30. The van der Waals surface area contributed by atoms with Crippen molar-refractivity contribution in [3.63, 3.8) is 0 Å². The number of benzene rings is 2. The van der Waals surface area contributed by atoms with E-state index in [-0.39, 0.29) is 6.10 Å². The van der Waals surface area contributed by atoms with Crippen LogP contribution in [0.15, 0.2) is 54.6 Å². The van der Waals surface area contributed by atoms with Crippen LogP contribution < -0.4 is 4.74 Å². The summed E-state index contributed by atoms with van der Waals surface area (Å²) >= 11 is 0. The van der Waals surface area contributed by atoms with E-state index in [1.165, 1.54) is 5.56 Å². The highest BCUT2D eigenvalue weighted by Crippen LogP contribution is 2.17. The van der Waals surface area contributed by atoms with Crippen LogP contribution in [0.2, 0.25) is 0 Å². The fourth-order valence-electron chi connectivity index (χ4n) is 3.51. The Morgan fingerprint density at radius 1 is 1.11 bits per heavy atom. The van der Waals surface area contributed by atoms with Gasteiger partial charge >= 0.3 is 0 Å². The molecule has 28 heavy (non-hydrogen) atoms. The predicted molar refractivity (Wildman–Crippen MR) is 109 cm³/mol. The molecule has 1 N–H and O–H groups in total. The van der Waals surface area contributed by atoms with Gasteiger partial charge in [0.25, 0.3) is 0 Å². The van der Waals surface area contributed by atoms with E-state index in [1.54, 1.807) is 7.11 Å². The Balaban J connectivity index is 1.51. The van der Waals surface area contributed by atoms with Gasteiger partial charge in [0, 0.05) is 26.2 Å². The third-order valence-corrected chi connectivity index (χ3v) is 4.94. The van der Waals surface area contributed by atoms with Crippen LogP contribution >= 0.6 is 0 Å². The third kappa shape index (κ3) is 6.91. The monoisotopic (exact) mass is 385 g/mol. The van der Waals surface area contributed by atoms with E-state index in [9.17, 15) is 5.11 Å². The lowest BCUT2D eigenvalue weighted by Gasteiger charge is -2.27. The Labute approximate surface area is 167 Å². The first-order valence-corrected chi connectivity index (χ1v) is 9.99. The predicted octanol–water partition coefficient (Wildman–Crippen LogP) is 3.25. The number of ether oxygens (including phenoxy) is 3. The molecule has 1 heterocycles. The number of hydrogen-bond acceptors (Lipinski definition) is 5. The standard InChI is InChI=1S/C23H31NO4/c1-26-22-11-9-19(10-12-22)14-24(16-23-8-5-13-28-23)15-21(25)18-27-17-20-6-3-2-4-7-20/h2-4,6-7,9-12,21,23,25H,5,8,13-18H2,1H3/t21-,23-/m1/s1. The molecule has 0 radical (unpaired) electrons. The van der Waals surface area contributed by atoms with Gasteiger partial charge in [0.05, 0.1) is 32.5 Å². The van der Waals surface area contributed by atoms with E-state index < -0.39 is 6.10 Å². The van der Waals surface area contributed by atoms with Crippen molar-refractivity contribution in [1.29, 1.82) is 0 Å². The van der Waals surface area contributed by atoms with Crippen molar-refractivity contribution in [2.75, 3.05) is 33.4 Å². The largest absolute Gasteiger partial charge is 0.497 e. The van der Waals surface area contributed by atoms with E-state index in [4.69, 9.17) is 14.2 Å². The second kappa shape index (κ2) is 11.2. The zero-order valence-electron chi connectivity index (χ0n) is 16.6. The molecule has 3 rings (SSSR count). The lowest BCUT2D eigenvalue weighted by atomic mass is 10.1. The maximum atomic E-state index is 10.5. The first kappa shape index (κ1) is 20.8. The van der Waals surface area contributed by atoms with Crippen LogP contribution in [0.25, 0.3) is 0 Å². The summed E-state index contributed by atoms with van der Waals surface area (Å²) in [6.45, 7) is 3.81. The Morgan fingerprint density at radius 2 is 1.89 bits per heavy atom. The van der Waals surface area contributed by atoms with Crippen LogP contribution in [0.4, 0.5) is 0 Å². The molecule has 1 aliphatic rings. The molecule has 0 saturated carbocycles. The van der Waals surface area contributed by atoms with Gasteiger partial charge in [-0.2, -0.15) is 0 Å². The van der Waals surface area contributed by atoms with Crippen molar-refractivity contribution in [2.24, 2.45) is 0 Å². The fourth-order valence-corrected chi connectivity index (χ4v) is 3.51. The molecule has 0 amide bonds. The molecule has 2 aromatic carbocycles. The first-order chi connectivity index (χ1) is 13.7. The zero-order chi connectivity index (χ0) is 19.6. The van der Waals surface area contributed by atoms with Crippen LogP contribution in [0.1, 0.15) is 24.0 Å². The molecule has 1 aliphatic heterocycles. The third-order valence-electron chi connectivity index (χ3n) is 4.94. The van der Waals surface area contributed by atoms with Crippen LogP contribution in [0.5, 0.6) is 5.75 Å². The van der Waals surface area contributed by atoms with E-state index in [0.29, 0.717) is 19.8 Å². The molecule has 0 unspecified atom stereocenters. The fraction of sp³-hybridized carbons (Fsp3) is 0.478. The van der Waals surface area contributed by atoms with E-state index >= 15 is 0 Å². The van der Waals surface area contributed by atoms with Gasteiger partial charge in [0.1, 0.15) is 5.75 Å². The number of aliphatic hydroxyl groups excluding tert-OH is 1. The SMILES string of the molecule is COc1ccc(CN(C[C@@H](O)COCc2ccccc2)C[C@H]2CCCO2)cc1. The lowest BCUT2D eigenvalue weighted by molar-refractivity contribution is -0.00287. The van der Waals surface area contributed by atoms with Crippen LogP contribution in [-0.4, -0.2) is 55.6 Å². The van der Waals surface area contributed by atoms with Gasteiger partial charge in [-0.1, -0.05) is 42.5 Å². The summed E-state index contributed by atoms with van der Waals surface area (Å²) in [5, 5.41) is 10.5. The van der Waals surface area contributed by atoms with Crippen molar-refractivity contribution >= 4 is 0 Å². The highest BCUT2D eigenvalue weighted by molar-refractivity contribution is 5.27. The topological polar surface area (TPSA) is 51.2 Å². The minimum Gasteiger partial charge on any atom is -0.497 e. The van der Waals surface area contributed by atoms with Gasteiger partial charge in [-0.15, -0.1) is 0 Å². The van der Waals surface area contributed by atoms with Gasteiger partial charge in [-0.05, 0) is 36.1 Å². The molecule has 152 valence electrons.